The van der Waals surface area contributed by atoms with Gasteiger partial charge in [-0.1, -0.05) is 0 Å². The molecule has 0 radical (unpaired) electrons. The summed E-state index contributed by atoms with van der Waals surface area (Å²) in [5, 5.41) is 2.20. The number of hydrogen-bond acceptors (Lipinski definition) is 4. The van der Waals surface area contributed by atoms with Crippen molar-refractivity contribution in [1.82, 2.24) is 20.2 Å². The lowest BCUT2D eigenvalue weighted by atomic mass is 10.1. The highest BCUT2D eigenvalue weighted by molar-refractivity contribution is 6.12. The van der Waals surface area contributed by atoms with Crippen LogP contribution in [-0.2, 0) is 11.3 Å². The topological polar surface area (TPSA) is 98.4 Å². The van der Waals surface area contributed by atoms with Gasteiger partial charge in [0.1, 0.15) is 18.2 Å². The first-order valence-corrected chi connectivity index (χ1v) is 8.52. The van der Waals surface area contributed by atoms with Crippen molar-refractivity contribution < 1.29 is 18.8 Å². The van der Waals surface area contributed by atoms with Crippen LogP contribution in [0.15, 0.2) is 42.5 Å². The van der Waals surface area contributed by atoms with E-state index in [-0.39, 0.29) is 30.7 Å². The maximum Gasteiger partial charge on any atom is 0.329 e. The number of benzene rings is 2. The van der Waals surface area contributed by atoms with Crippen LogP contribution in [-0.4, -0.2) is 46.3 Å². The van der Waals surface area contributed by atoms with Gasteiger partial charge in [-0.3, -0.25) is 19.8 Å². The van der Waals surface area contributed by atoms with Gasteiger partial charge in [0, 0.05) is 18.3 Å². The van der Waals surface area contributed by atoms with Gasteiger partial charge in [-0.15, -0.1) is 0 Å². The number of carbonyl (C=O) groups excluding carboxylic acids is 3. The average molecular weight is 381 g/mol. The van der Waals surface area contributed by atoms with E-state index in [0.29, 0.717) is 28.1 Å². The lowest BCUT2D eigenvalue weighted by molar-refractivity contribution is -0.117. The summed E-state index contributed by atoms with van der Waals surface area (Å²) in [7, 11) is 1.64. The molecule has 4 amide bonds. The Labute approximate surface area is 159 Å². The molecular weight excluding hydrogens is 365 g/mol. The molecule has 0 spiro atoms. The smallest absolute Gasteiger partial charge is 0.329 e. The molecule has 2 N–H and O–H groups in total. The quantitative estimate of drug-likeness (QED) is 0.676. The second-order valence-corrected chi connectivity index (χ2v) is 6.49. The molecule has 1 aromatic heterocycles. The highest BCUT2D eigenvalue weighted by Crippen LogP contribution is 2.19. The van der Waals surface area contributed by atoms with Crippen molar-refractivity contribution in [2.45, 2.75) is 6.54 Å². The minimum atomic E-state index is -0.484. The number of carbonyl (C=O) groups is 3. The molecule has 4 rings (SSSR count). The number of H-pyrrole nitrogens is 1. The van der Waals surface area contributed by atoms with Gasteiger partial charge in [0.25, 0.3) is 5.91 Å². The van der Waals surface area contributed by atoms with Gasteiger partial charge in [0.2, 0.25) is 5.91 Å². The normalized spacial score (nSPS) is 13.9. The number of anilines is 1. The summed E-state index contributed by atoms with van der Waals surface area (Å²) in [6.07, 6.45) is 0. The molecule has 9 heteroatoms. The number of hydrogen-bond donors (Lipinski definition) is 2. The van der Waals surface area contributed by atoms with Crippen molar-refractivity contribution >= 4 is 34.6 Å². The van der Waals surface area contributed by atoms with Gasteiger partial charge in [0.05, 0.1) is 17.6 Å². The van der Waals surface area contributed by atoms with E-state index in [0.717, 1.165) is 0 Å². The number of aromatic nitrogens is 2. The Kier molecular flexibility index (Phi) is 4.26. The molecule has 28 heavy (non-hydrogen) atoms. The summed E-state index contributed by atoms with van der Waals surface area (Å²) >= 11 is 0. The molecule has 0 saturated carbocycles. The first kappa shape index (κ1) is 17.7. The Bertz CT molecular complexity index is 1090. The number of rotatable bonds is 4. The number of aromatic amines is 1. The van der Waals surface area contributed by atoms with Gasteiger partial charge < -0.3 is 9.88 Å². The molecule has 0 unspecified atom stereocenters. The van der Waals surface area contributed by atoms with E-state index in [1.165, 1.54) is 21.9 Å². The zero-order valence-electron chi connectivity index (χ0n) is 14.9. The molecule has 0 atom stereocenters. The van der Waals surface area contributed by atoms with E-state index in [9.17, 15) is 18.8 Å². The molecule has 1 saturated heterocycles. The Morgan fingerprint density at radius 3 is 2.64 bits per heavy atom. The maximum absolute atomic E-state index is 13.3. The van der Waals surface area contributed by atoms with Crippen molar-refractivity contribution in [1.29, 1.82) is 0 Å². The fraction of sp³-hybridized carbons (Fsp3) is 0.158. The predicted octanol–water partition coefficient (Wildman–Crippen LogP) is 2.03. The van der Waals surface area contributed by atoms with Crippen LogP contribution in [0.4, 0.5) is 14.9 Å². The third-order valence-electron chi connectivity index (χ3n) is 4.45. The summed E-state index contributed by atoms with van der Waals surface area (Å²) in [4.78, 5) is 45.8. The van der Waals surface area contributed by atoms with Crippen molar-refractivity contribution in [3.63, 3.8) is 0 Å². The van der Waals surface area contributed by atoms with Crippen LogP contribution < -0.4 is 10.2 Å². The fourth-order valence-electron chi connectivity index (χ4n) is 3.06. The van der Waals surface area contributed by atoms with Crippen molar-refractivity contribution in [2.24, 2.45) is 0 Å². The van der Waals surface area contributed by atoms with Gasteiger partial charge >= 0.3 is 6.03 Å². The van der Waals surface area contributed by atoms with E-state index in [4.69, 9.17) is 0 Å². The first-order valence-electron chi connectivity index (χ1n) is 8.52. The molecule has 1 fully saturated rings. The fourth-order valence-corrected chi connectivity index (χ4v) is 3.06. The van der Waals surface area contributed by atoms with Crippen LogP contribution in [0, 0.1) is 5.82 Å². The summed E-state index contributed by atoms with van der Waals surface area (Å²) in [6, 6.07) is 10.2. The van der Waals surface area contributed by atoms with E-state index < -0.39 is 6.03 Å². The standard InChI is InChI=1S/C19H16FN5O3/c1-24(9-16-21-14-7-4-12(20)8-15(14)22-16)18(27)11-2-5-13(6-3-11)25-10-17(26)23-19(25)28/h2-8H,9-10H2,1H3,(H,21,22)(H,23,26,28). The second kappa shape index (κ2) is 6.76. The minimum absolute atomic E-state index is 0.0430. The summed E-state index contributed by atoms with van der Waals surface area (Å²) < 4.78 is 13.3. The lowest BCUT2D eigenvalue weighted by Crippen LogP contribution is -2.28. The molecule has 0 bridgehead atoms. The molecule has 142 valence electrons. The largest absolute Gasteiger partial charge is 0.340 e. The first-order chi connectivity index (χ1) is 13.4. The molecule has 1 aliphatic heterocycles. The van der Waals surface area contributed by atoms with Crippen LogP contribution in [0.2, 0.25) is 0 Å². The number of amides is 4. The van der Waals surface area contributed by atoms with Crippen molar-refractivity contribution in [3.8, 4) is 0 Å². The van der Waals surface area contributed by atoms with Gasteiger partial charge in [-0.25, -0.2) is 14.2 Å². The van der Waals surface area contributed by atoms with Crippen LogP contribution in [0.3, 0.4) is 0 Å². The molecule has 0 aliphatic carbocycles. The number of imide groups is 1. The Hall–Kier alpha value is -3.75. The van der Waals surface area contributed by atoms with E-state index in [1.807, 2.05) is 0 Å². The van der Waals surface area contributed by atoms with Gasteiger partial charge in [-0.05, 0) is 42.5 Å². The predicted molar refractivity (Wildman–Crippen MR) is 99.2 cm³/mol. The highest BCUT2D eigenvalue weighted by atomic mass is 19.1. The van der Waals surface area contributed by atoms with E-state index in [1.54, 1.807) is 37.4 Å². The highest BCUT2D eigenvalue weighted by Gasteiger charge is 2.28. The molecule has 2 aromatic carbocycles. The van der Waals surface area contributed by atoms with Crippen LogP contribution in [0.25, 0.3) is 11.0 Å². The second-order valence-electron chi connectivity index (χ2n) is 6.49. The third kappa shape index (κ3) is 3.29. The number of nitrogens with zero attached hydrogens (tertiary/aromatic N) is 3. The number of halogens is 1. The van der Waals surface area contributed by atoms with Crippen molar-refractivity contribution in [3.05, 3.63) is 59.7 Å². The molecular formula is C19H16FN5O3. The number of fused-ring (bicyclic) bond motifs is 1. The maximum atomic E-state index is 13.3. The Morgan fingerprint density at radius 2 is 1.96 bits per heavy atom. The van der Waals surface area contributed by atoms with Crippen LogP contribution in [0.5, 0.6) is 0 Å². The third-order valence-corrected chi connectivity index (χ3v) is 4.45. The zero-order valence-corrected chi connectivity index (χ0v) is 14.9. The van der Waals surface area contributed by atoms with Gasteiger partial charge in [-0.2, -0.15) is 0 Å². The van der Waals surface area contributed by atoms with Crippen molar-refractivity contribution in [2.75, 3.05) is 18.5 Å². The SMILES string of the molecule is CN(Cc1nc2ccc(F)cc2[nH]1)C(=O)c1ccc(N2CC(=O)NC2=O)cc1. The summed E-state index contributed by atoms with van der Waals surface area (Å²) in [5.74, 6) is -0.420. The van der Waals surface area contributed by atoms with Crippen LogP contribution in [0.1, 0.15) is 16.2 Å². The number of imidazole rings is 1. The Morgan fingerprint density at radius 1 is 1.21 bits per heavy atom. The lowest BCUT2D eigenvalue weighted by Gasteiger charge is -2.17. The van der Waals surface area contributed by atoms with E-state index in [2.05, 4.69) is 15.3 Å². The number of nitrogens with one attached hydrogen (secondary N) is 2. The average Bonchev–Trinajstić information content (AvgIpc) is 3.22. The summed E-state index contributed by atoms with van der Waals surface area (Å²) in [5.41, 5.74) is 2.15. The Balaban J connectivity index is 1.47. The minimum Gasteiger partial charge on any atom is -0.340 e. The molecule has 8 nitrogen and oxygen atoms in total. The molecule has 3 aromatic rings. The number of urea groups is 1. The van der Waals surface area contributed by atoms with Crippen LogP contribution >= 0.6 is 0 Å². The molecule has 2 heterocycles. The zero-order chi connectivity index (χ0) is 19.8. The summed E-state index contributed by atoms with van der Waals surface area (Å²) in [6.45, 7) is 0.179. The monoisotopic (exact) mass is 381 g/mol. The molecule has 1 aliphatic rings. The van der Waals surface area contributed by atoms with E-state index >= 15 is 0 Å². The van der Waals surface area contributed by atoms with Gasteiger partial charge in [0.15, 0.2) is 0 Å².